The highest BCUT2D eigenvalue weighted by Gasteiger charge is 2.16. The Hall–Kier alpha value is -4.44. The van der Waals surface area contributed by atoms with E-state index >= 15 is 0 Å². The van der Waals surface area contributed by atoms with Crippen LogP contribution in [-0.2, 0) is 5.41 Å². The van der Waals surface area contributed by atoms with Crippen molar-refractivity contribution in [2.75, 3.05) is 0 Å². The van der Waals surface area contributed by atoms with Crippen molar-refractivity contribution >= 4 is 21.5 Å². The van der Waals surface area contributed by atoms with Gasteiger partial charge in [-0.25, -0.2) is 19.9 Å². The van der Waals surface area contributed by atoms with Crippen molar-refractivity contribution in [1.29, 1.82) is 0 Å². The number of nitrogens with zero attached hydrogens (tertiary/aromatic N) is 4. The molecule has 6 rings (SSSR count). The van der Waals surface area contributed by atoms with Crippen LogP contribution in [0.25, 0.3) is 54.9 Å². The molecule has 0 spiro atoms. The molecule has 174 valence electrons. The summed E-state index contributed by atoms with van der Waals surface area (Å²) in [5.41, 5.74) is 8.11. The van der Waals surface area contributed by atoms with E-state index in [9.17, 15) is 0 Å². The van der Waals surface area contributed by atoms with Crippen LogP contribution >= 0.6 is 0 Å². The molecule has 0 aliphatic carbocycles. The van der Waals surface area contributed by atoms with Crippen LogP contribution in [-0.4, -0.2) is 19.9 Å². The molecule has 4 nitrogen and oxygen atoms in total. The van der Waals surface area contributed by atoms with Crippen LogP contribution in [0.5, 0.6) is 0 Å². The number of benzene rings is 4. The van der Waals surface area contributed by atoms with E-state index in [1.165, 1.54) is 38.2 Å². The zero-order chi connectivity index (χ0) is 24.7. The third-order valence-electron chi connectivity index (χ3n) is 6.78. The second kappa shape index (κ2) is 8.65. The summed E-state index contributed by atoms with van der Waals surface area (Å²) >= 11 is 0. The van der Waals surface area contributed by atoms with E-state index in [-0.39, 0.29) is 5.41 Å². The Bertz CT molecular complexity index is 1590. The van der Waals surface area contributed by atoms with Crippen molar-refractivity contribution in [3.63, 3.8) is 0 Å². The van der Waals surface area contributed by atoms with Gasteiger partial charge in [-0.05, 0) is 73.0 Å². The van der Waals surface area contributed by atoms with Crippen LogP contribution in [0.1, 0.15) is 26.3 Å². The Balaban J connectivity index is 1.61. The molecule has 2 heterocycles. The van der Waals surface area contributed by atoms with Gasteiger partial charge in [0.05, 0.1) is 0 Å². The molecule has 0 N–H and O–H groups in total. The maximum absolute atomic E-state index is 4.21. The Labute approximate surface area is 210 Å². The molecule has 0 atom stereocenters. The van der Waals surface area contributed by atoms with Crippen molar-refractivity contribution < 1.29 is 0 Å². The molecule has 2 aromatic heterocycles. The minimum absolute atomic E-state index is 0.110. The predicted molar refractivity (Wildman–Crippen MR) is 148 cm³/mol. The first-order valence-corrected chi connectivity index (χ1v) is 12.1. The second-order valence-corrected chi connectivity index (χ2v) is 10.2. The number of hydrogen-bond donors (Lipinski definition) is 0. The van der Waals surface area contributed by atoms with Crippen LogP contribution in [0.2, 0.25) is 0 Å². The molecule has 0 fully saturated rings. The van der Waals surface area contributed by atoms with E-state index in [4.69, 9.17) is 0 Å². The van der Waals surface area contributed by atoms with Crippen LogP contribution in [0.3, 0.4) is 0 Å². The van der Waals surface area contributed by atoms with Gasteiger partial charge in [-0.3, -0.25) is 0 Å². The lowest BCUT2D eigenvalue weighted by molar-refractivity contribution is 0.590. The predicted octanol–water partition coefficient (Wildman–Crippen LogP) is 7.87. The van der Waals surface area contributed by atoms with Crippen molar-refractivity contribution in [2.45, 2.75) is 26.2 Å². The van der Waals surface area contributed by atoms with Crippen molar-refractivity contribution in [2.24, 2.45) is 0 Å². The van der Waals surface area contributed by atoms with Crippen molar-refractivity contribution in [3.8, 4) is 33.4 Å². The molecule has 36 heavy (non-hydrogen) atoms. The SMILES string of the molecule is CC(C)(C)c1ccc(-c2c3ccc(-c4cncnc4)cc3cc3cc(-c4cncnc4)ccc23)cc1. The first kappa shape index (κ1) is 22.1. The monoisotopic (exact) mass is 466 g/mol. The fraction of sp³-hybridized carbons (Fsp3) is 0.125. The second-order valence-electron chi connectivity index (χ2n) is 10.2. The first-order valence-electron chi connectivity index (χ1n) is 12.1. The summed E-state index contributed by atoms with van der Waals surface area (Å²) in [5.74, 6) is 0. The van der Waals surface area contributed by atoms with Crippen molar-refractivity contribution in [1.82, 2.24) is 19.9 Å². The number of rotatable bonds is 3. The number of aromatic nitrogens is 4. The summed E-state index contributed by atoms with van der Waals surface area (Å²) in [7, 11) is 0. The standard InChI is InChI=1S/C32H26N4/c1-32(2,3)28-8-4-21(5-9-28)31-29-10-6-22(26-15-33-19-34-16-26)12-24(29)14-25-13-23(7-11-30(25)31)27-17-35-20-36-18-27/h4-20H,1-3H3. The highest BCUT2D eigenvalue weighted by atomic mass is 14.8. The number of fused-ring (bicyclic) bond motifs is 2. The van der Waals surface area contributed by atoms with E-state index in [2.05, 4.69) is 107 Å². The topological polar surface area (TPSA) is 51.6 Å². The molecule has 4 aromatic carbocycles. The molecule has 0 bridgehead atoms. The van der Waals surface area contributed by atoms with Gasteiger partial charge in [-0.2, -0.15) is 0 Å². The van der Waals surface area contributed by atoms with Gasteiger partial charge in [0.15, 0.2) is 0 Å². The third-order valence-corrected chi connectivity index (χ3v) is 6.78. The summed E-state index contributed by atoms with van der Waals surface area (Å²) in [6, 6.07) is 24.5. The van der Waals surface area contributed by atoms with Crippen LogP contribution < -0.4 is 0 Å². The number of hydrogen-bond acceptors (Lipinski definition) is 4. The molecule has 0 saturated carbocycles. The van der Waals surface area contributed by atoms with E-state index < -0.39 is 0 Å². The molecule has 0 unspecified atom stereocenters. The Morgan fingerprint density at radius 1 is 0.472 bits per heavy atom. The van der Waals surface area contributed by atoms with Gasteiger partial charge in [-0.1, -0.05) is 69.3 Å². The van der Waals surface area contributed by atoms with Gasteiger partial charge in [0.2, 0.25) is 0 Å². The Morgan fingerprint density at radius 2 is 0.917 bits per heavy atom. The maximum atomic E-state index is 4.21. The van der Waals surface area contributed by atoms with Crippen molar-refractivity contribution in [3.05, 3.63) is 110 Å². The molecule has 0 aliphatic rings. The Morgan fingerprint density at radius 3 is 1.36 bits per heavy atom. The molecule has 6 aromatic rings. The lowest BCUT2D eigenvalue weighted by Crippen LogP contribution is -2.10. The average Bonchev–Trinajstić information content (AvgIpc) is 2.91. The van der Waals surface area contributed by atoms with Gasteiger partial charge < -0.3 is 0 Å². The maximum Gasteiger partial charge on any atom is 0.115 e. The Kier molecular flexibility index (Phi) is 5.30. The van der Waals surface area contributed by atoms with Crippen LogP contribution in [0, 0.1) is 0 Å². The molecular formula is C32H26N4. The highest BCUT2D eigenvalue weighted by Crippen LogP contribution is 2.40. The fourth-order valence-corrected chi connectivity index (χ4v) is 4.84. The zero-order valence-electron chi connectivity index (χ0n) is 20.6. The normalized spacial score (nSPS) is 11.8. The van der Waals surface area contributed by atoms with Gasteiger partial charge in [0, 0.05) is 35.9 Å². The molecule has 0 aliphatic heterocycles. The fourth-order valence-electron chi connectivity index (χ4n) is 4.84. The highest BCUT2D eigenvalue weighted by molar-refractivity contribution is 6.14. The molecule has 0 saturated heterocycles. The zero-order valence-corrected chi connectivity index (χ0v) is 20.6. The molecular weight excluding hydrogens is 440 g/mol. The van der Waals surface area contributed by atoms with Crippen LogP contribution in [0.4, 0.5) is 0 Å². The van der Waals surface area contributed by atoms with Gasteiger partial charge >= 0.3 is 0 Å². The summed E-state index contributed by atoms with van der Waals surface area (Å²) in [6.45, 7) is 6.75. The van der Waals surface area contributed by atoms with Crippen LogP contribution in [0.15, 0.2) is 104 Å². The largest absolute Gasteiger partial charge is 0.244 e. The third kappa shape index (κ3) is 4.01. The van der Waals surface area contributed by atoms with E-state index in [0.29, 0.717) is 0 Å². The van der Waals surface area contributed by atoms with Gasteiger partial charge in [0.25, 0.3) is 0 Å². The molecule has 4 heteroatoms. The molecule has 0 amide bonds. The summed E-state index contributed by atoms with van der Waals surface area (Å²) in [5, 5.41) is 4.81. The minimum atomic E-state index is 0.110. The first-order chi connectivity index (χ1) is 17.5. The van der Waals surface area contributed by atoms with Gasteiger partial charge in [0.1, 0.15) is 12.7 Å². The quantitative estimate of drug-likeness (QED) is 0.249. The molecule has 0 radical (unpaired) electrons. The summed E-state index contributed by atoms with van der Waals surface area (Å²) in [6.07, 6.45) is 10.5. The smallest absolute Gasteiger partial charge is 0.115 e. The van der Waals surface area contributed by atoms with E-state index in [1.54, 1.807) is 12.7 Å². The average molecular weight is 467 g/mol. The lowest BCUT2D eigenvalue weighted by Gasteiger charge is -2.20. The van der Waals surface area contributed by atoms with E-state index in [0.717, 1.165) is 22.3 Å². The summed E-state index contributed by atoms with van der Waals surface area (Å²) < 4.78 is 0. The lowest BCUT2D eigenvalue weighted by atomic mass is 9.85. The van der Waals surface area contributed by atoms with E-state index in [1.807, 2.05) is 24.8 Å². The summed E-state index contributed by atoms with van der Waals surface area (Å²) in [4.78, 5) is 16.8. The minimum Gasteiger partial charge on any atom is -0.244 e. The van der Waals surface area contributed by atoms with Gasteiger partial charge in [-0.15, -0.1) is 0 Å².